The first-order valence-electron chi connectivity index (χ1n) is 7.10. The fraction of sp³-hybridized carbons (Fsp3) is 0.533. The summed E-state index contributed by atoms with van der Waals surface area (Å²) in [6, 6.07) is 10.5. The van der Waals surface area contributed by atoms with E-state index in [9.17, 15) is 0 Å². The predicted molar refractivity (Wildman–Crippen MR) is 86.7 cm³/mol. The maximum Gasteiger partial charge on any atom is 0.223 e. The van der Waals surface area contributed by atoms with Gasteiger partial charge >= 0.3 is 0 Å². The summed E-state index contributed by atoms with van der Waals surface area (Å²) in [6.07, 6.45) is 8.64. The minimum Gasteiger partial charge on any atom is -0.164 e. The minimum absolute atomic E-state index is 0.806. The van der Waals surface area contributed by atoms with Crippen LogP contribution in [0.2, 0.25) is 11.6 Å². The van der Waals surface area contributed by atoms with Gasteiger partial charge in [-0.05, 0) is 5.56 Å². The van der Waals surface area contributed by atoms with Crippen LogP contribution in [0.3, 0.4) is 0 Å². The van der Waals surface area contributed by atoms with Crippen molar-refractivity contribution in [3.63, 3.8) is 0 Å². The third-order valence-corrected chi connectivity index (χ3v) is 6.50. The molecule has 18 heavy (non-hydrogen) atoms. The van der Waals surface area contributed by atoms with Crippen molar-refractivity contribution in [2.45, 2.75) is 50.2 Å². The molecule has 0 nitrogen and oxygen atoms in total. The monoisotopic (exact) mass is 274 g/mol. The molecule has 0 aromatic heterocycles. The van der Waals surface area contributed by atoms with Crippen LogP contribution in [-0.4, -0.2) is 10.2 Å². The Hall–Kier alpha value is -0.275. The van der Waals surface area contributed by atoms with Crippen LogP contribution in [0.15, 0.2) is 30.3 Å². The Morgan fingerprint density at radius 2 is 1.56 bits per heavy atom. The lowest BCUT2D eigenvalue weighted by molar-refractivity contribution is 0.452. The summed E-state index contributed by atoms with van der Waals surface area (Å²) in [5.41, 5.74) is 1.24. The van der Waals surface area contributed by atoms with Gasteiger partial charge < -0.3 is 0 Å². The molecule has 0 spiro atoms. The van der Waals surface area contributed by atoms with Crippen LogP contribution in [0.1, 0.15) is 44.1 Å². The van der Waals surface area contributed by atoms with Crippen molar-refractivity contribution in [2.24, 2.45) is 0 Å². The van der Waals surface area contributed by atoms with Gasteiger partial charge in [0.05, 0.1) is 4.20 Å². The van der Waals surface area contributed by atoms with Gasteiger partial charge in [0, 0.05) is 0 Å². The third-order valence-electron chi connectivity index (χ3n) is 4.48. The predicted octanol–water partition coefficient (Wildman–Crippen LogP) is 5.20. The average molecular weight is 274 g/mol. The average Bonchev–Trinajstić information content (AvgIpc) is 2.39. The van der Waals surface area contributed by atoms with E-state index in [0.717, 1.165) is 21.8 Å². The number of hydrogen-bond donors (Lipinski definition) is 0. The second kappa shape index (κ2) is 5.79. The minimum atomic E-state index is 0.806. The van der Waals surface area contributed by atoms with Crippen LogP contribution in [0.25, 0.3) is 0 Å². The van der Waals surface area contributed by atoms with E-state index in [2.05, 4.69) is 30.3 Å². The molecule has 0 unspecified atom stereocenters. The van der Waals surface area contributed by atoms with Gasteiger partial charge in [-0.15, -0.1) is 0 Å². The highest BCUT2D eigenvalue weighted by molar-refractivity contribution is 8.42. The molecule has 3 rings (SSSR count). The van der Waals surface area contributed by atoms with E-state index >= 15 is 0 Å². The molecule has 1 aromatic rings. The summed E-state index contributed by atoms with van der Waals surface area (Å²) in [6.45, 7) is 0. The summed E-state index contributed by atoms with van der Waals surface area (Å²) in [7, 11) is 0. The van der Waals surface area contributed by atoms with Crippen molar-refractivity contribution in [3.05, 3.63) is 35.9 Å². The van der Waals surface area contributed by atoms with Crippen molar-refractivity contribution in [2.75, 3.05) is 0 Å². The normalized spacial score (nSPS) is 27.0. The Bertz CT molecular complexity index is 396. The quantitative estimate of drug-likeness (QED) is 0.537. The Morgan fingerprint density at radius 3 is 2.11 bits per heavy atom. The number of fused-ring (bicyclic) bond motifs is 2. The summed E-state index contributed by atoms with van der Waals surface area (Å²) in [4.78, 5) is 0. The molecule has 2 fully saturated rings. The lowest BCUT2D eigenvalue weighted by Crippen LogP contribution is -2.32. The molecule has 0 atom stereocenters. The molecule has 3 heteroatoms. The Morgan fingerprint density at radius 1 is 1.00 bits per heavy atom. The summed E-state index contributed by atoms with van der Waals surface area (Å²) >= 11 is 7.64. The molecule has 2 saturated heterocycles. The van der Waals surface area contributed by atoms with Crippen LogP contribution < -0.4 is 0 Å². The van der Waals surface area contributed by atoms with E-state index in [1.54, 1.807) is 0 Å². The van der Waals surface area contributed by atoms with Crippen molar-refractivity contribution in [1.29, 1.82) is 0 Å². The van der Waals surface area contributed by atoms with E-state index in [0.29, 0.717) is 0 Å². The van der Waals surface area contributed by atoms with E-state index in [1.165, 1.54) is 44.1 Å². The van der Waals surface area contributed by atoms with Crippen LogP contribution in [-0.2, 0) is 0 Å². The first-order chi connectivity index (χ1) is 8.84. The van der Waals surface area contributed by atoms with Gasteiger partial charge in [0.15, 0.2) is 0 Å². The molecule has 0 aliphatic carbocycles. The molecule has 2 aliphatic rings. The number of thiocarbonyl (C=S) groups is 1. The molecule has 2 aliphatic heterocycles. The van der Waals surface area contributed by atoms with Gasteiger partial charge in [-0.3, -0.25) is 0 Å². The zero-order chi connectivity index (χ0) is 12.4. The smallest absolute Gasteiger partial charge is 0.164 e. The maximum absolute atomic E-state index is 5.64. The van der Waals surface area contributed by atoms with Gasteiger partial charge in [-0.1, -0.05) is 92.7 Å². The van der Waals surface area contributed by atoms with Gasteiger partial charge in [0.2, 0.25) is 5.99 Å². The topological polar surface area (TPSA) is 0 Å². The lowest BCUT2D eigenvalue weighted by Gasteiger charge is -2.39. The molecule has 2 heterocycles. The maximum atomic E-state index is 5.64. The zero-order valence-electron chi connectivity index (χ0n) is 10.7. The first kappa shape index (κ1) is 12.7. The molecule has 0 amide bonds. The molecule has 94 valence electrons. The molecule has 0 radical (unpaired) electrons. The standard InChI is InChI=1S/C15H19BS2/c17-15(12-6-2-1-3-7-12)18-16-13-8-4-9-14(16)11-5-10-13/h1-3,6-7,13-14H,4-5,8-11H2. The molecule has 2 bridgehead atoms. The largest absolute Gasteiger partial charge is 0.223 e. The molecular weight excluding hydrogens is 255 g/mol. The van der Waals surface area contributed by atoms with Crippen LogP contribution in [0.5, 0.6) is 0 Å². The van der Waals surface area contributed by atoms with E-state index in [4.69, 9.17) is 12.2 Å². The van der Waals surface area contributed by atoms with Crippen molar-refractivity contribution >= 4 is 34.0 Å². The fourth-order valence-corrected chi connectivity index (χ4v) is 5.49. The number of benzene rings is 1. The van der Waals surface area contributed by atoms with E-state index < -0.39 is 0 Å². The van der Waals surface area contributed by atoms with Crippen molar-refractivity contribution in [3.8, 4) is 0 Å². The van der Waals surface area contributed by atoms with E-state index in [-0.39, 0.29) is 0 Å². The van der Waals surface area contributed by atoms with E-state index in [1.807, 2.05) is 11.6 Å². The molecule has 1 aromatic carbocycles. The second-order valence-corrected chi connectivity index (χ2v) is 7.47. The third kappa shape index (κ3) is 2.67. The van der Waals surface area contributed by atoms with Crippen LogP contribution in [0.4, 0.5) is 0 Å². The van der Waals surface area contributed by atoms with Crippen LogP contribution >= 0.6 is 23.8 Å². The summed E-state index contributed by atoms with van der Waals surface area (Å²) in [5.74, 6) is 2.67. The van der Waals surface area contributed by atoms with Gasteiger partial charge in [-0.25, -0.2) is 0 Å². The Labute approximate surface area is 120 Å². The highest BCUT2D eigenvalue weighted by Gasteiger charge is 2.40. The van der Waals surface area contributed by atoms with Crippen molar-refractivity contribution < 1.29 is 0 Å². The molecule has 0 N–H and O–H groups in total. The van der Waals surface area contributed by atoms with Gasteiger partial charge in [-0.2, -0.15) is 11.6 Å². The zero-order valence-corrected chi connectivity index (χ0v) is 12.3. The van der Waals surface area contributed by atoms with Crippen molar-refractivity contribution in [1.82, 2.24) is 0 Å². The number of rotatable bonds is 2. The highest BCUT2D eigenvalue weighted by atomic mass is 32.2. The van der Waals surface area contributed by atoms with Gasteiger partial charge in [0.1, 0.15) is 0 Å². The SMILES string of the molecule is S=C(SB1C2CCCC1CCC2)c1ccccc1. The Balaban J connectivity index is 1.70. The highest BCUT2D eigenvalue weighted by Crippen LogP contribution is 2.50. The summed E-state index contributed by atoms with van der Waals surface area (Å²) in [5, 5.41) is 0. The first-order valence-corrected chi connectivity index (χ1v) is 8.39. The summed E-state index contributed by atoms with van der Waals surface area (Å²) < 4.78 is 1.11. The Kier molecular flexibility index (Phi) is 4.10. The van der Waals surface area contributed by atoms with Gasteiger partial charge in [0.25, 0.3) is 0 Å². The number of hydrogen-bond acceptors (Lipinski definition) is 2. The van der Waals surface area contributed by atoms with Crippen LogP contribution in [0, 0.1) is 0 Å². The molecule has 0 saturated carbocycles. The fourth-order valence-electron chi connectivity index (χ4n) is 3.57. The second-order valence-electron chi connectivity index (χ2n) is 5.62. The lowest BCUT2D eigenvalue weighted by atomic mass is 9.42. The molecular formula is C15H19BS2.